The fourth-order valence-corrected chi connectivity index (χ4v) is 5.00. The molecule has 1 aliphatic heterocycles. The van der Waals surface area contributed by atoms with Gasteiger partial charge in [-0.1, -0.05) is 24.3 Å². The number of piperazine rings is 1. The number of sulfonamides is 1. The van der Waals surface area contributed by atoms with Crippen molar-refractivity contribution in [3.05, 3.63) is 78.4 Å². The van der Waals surface area contributed by atoms with Crippen LogP contribution >= 0.6 is 0 Å². The van der Waals surface area contributed by atoms with Gasteiger partial charge in [-0.15, -0.1) is 0 Å². The van der Waals surface area contributed by atoms with Crippen LogP contribution < -0.4 is 19.1 Å². The molecule has 178 valence electrons. The Morgan fingerprint density at radius 2 is 1.38 bits per heavy atom. The number of hydrogen-bond acceptors (Lipinski definition) is 6. The molecule has 4 rings (SSSR count). The predicted octanol–water partition coefficient (Wildman–Crippen LogP) is 3.47. The van der Waals surface area contributed by atoms with E-state index in [1.54, 1.807) is 48.4 Å². The number of anilines is 2. The van der Waals surface area contributed by atoms with Crippen LogP contribution in [0.25, 0.3) is 0 Å². The number of nitrogens with one attached hydrogen (secondary N) is 1. The topological polar surface area (TPSA) is 88.2 Å². The number of hydrogen-bond donors (Lipinski definition) is 1. The van der Waals surface area contributed by atoms with Gasteiger partial charge in [0.05, 0.1) is 30.5 Å². The van der Waals surface area contributed by atoms with E-state index in [1.807, 2.05) is 24.3 Å². The van der Waals surface area contributed by atoms with Gasteiger partial charge in [-0.05, 0) is 48.5 Å². The molecule has 1 aliphatic rings. The van der Waals surface area contributed by atoms with Crippen molar-refractivity contribution in [1.29, 1.82) is 0 Å². The molecule has 0 aromatic heterocycles. The molecule has 8 nitrogen and oxygen atoms in total. The van der Waals surface area contributed by atoms with Gasteiger partial charge in [-0.2, -0.15) is 0 Å². The molecule has 1 N–H and O–H groups in total. The number of benzene rings is 3. The third-order valence-corrected chi connectivity index (χ3v) is 7.14. The van der Waals surface area contributed by atoms with E-state index < -0.39 is 10.0 Å². The summed E-state index contributed by atoms with van der Waals surface area (Å²) in [4.78, 5) is 17.0. The second-order valence-corrected chi connectivity index (χ2v) is 9.46. The molecule has 0 aliphatic carbocycles. The maximum Gasteiger partial charge on any atom is 0.262 e. The molecule has 0 saturated carbocycles. The third kappa shape index (κ3) is 4.94. The van der Waals surface area contributed by atoms with E-state index in [9.17, 15) is 13.2 Å². The van der Waals surface area contributed by atoms with Crippen molar-refractivity contribution in [1.82, 2.24) is 4.90 Å². The number of ether oxygens (including phenoxy) is 2. The van der Waals surface area contributed by atoms with Crippen LogP contribution in [0.3, 0.4) is 0 Å². The molecule has 3 aromatic carbocycles. The number of methoxy groups -OCH3 is 2. The Kier molecular flexibility index (Phi) is 6.93. The molecule has 1 fully saturated rings. The Bertz CT molecular complexity index is 1250. The zero-order chi connectivity index (χ0) is 24.1. The third-order valence-electron chi connectivity index (χ3n) is 5.76. The Hall–Kier alpha value is -3.72. The summed E-state index contributed by atoms with van der Waals surface area (Å²) in [7, 11) is -0.708. The fourth-order valence-electron chi connectivity index (χ4n) is 3.93. The number of carbonyl (C=O) groups is 1. The Morgan fingerprint density at radius 1 is 0.794 bits per heavy atom. The van der Waals surface area contributed by atoms with Gasteiger partial charge in [-0.3, -0.25) is 9.52 Å². The van der Waals surface area contributed by atoms with Gasteiger partial charge in [0.15, 0.2) is 0 Å². The summed E-state index contributed by atoms with van der Waals surface area (Å²) in [5.41, 5.74) is 1.80. The number of carbonyl (C=O) groups excluding carboxylic acids is 1. The summed E-state index contributed by atoms with van der Waals surface area (Å²) in [5, 5.41) is 0. The van der Waals surface area contributed by atoms with Gasteiger partial charge in [0.2, 0.25) is 0 Å². The molecule has 9 heteroatoms. The summed E-state index contributed by atoms with van der Waals surface area (Å²) < 4.78 is 38.8. The first-order valence-electron chi connectivity index (χ1n) is 10.9. The second-order valence-electron chi connectivity index (χ2n) is 7.78. The van der Waals surface area contributed by atoms with Crippen LogP contribution in [0.5, 0.6) is 11.5 Å². The highest BCUT2D eigenvalue weighted by Crippen LogP contribution is 2.29. The minimum absolute atomic E-state index is 0.0657. The number of rotatable bonds is 7. The summed E-state index contributed by atoms with van der Waals surface area (Å²) in [5.74, 6) is 1.10. The van der Waals surface area contributed by atoms with Crippen LogP contribution in [-0.2, 0) is 10.0 Å². The Morgan fingerprint density at radius 3 is 2.03 bits per heavy atom. The fraction of sp³-hybridized carbons (Fsp3) is 0.240. The maximum absolute atomic E-state index is 13.0. The van der Waals surface area contributed by atoms with E-state index in [-0.39, 0.29) is 10.8 Å². The van der Waals surface area contributed by atoms with Crippen LogP contribution in [-0.4, -0.2) is 59.6 Å². The molecule has 1 saturated heterocycles. The number of amides is 1. The standard InChI is InChI=1S/C25H27N3O5S/c1-32-23-9-5-3-7-21(23)26-34(30,31)20-13-11-19(12-14-20)25(29)28-17-15-27(16-18-28)22-8-4-6-10-24(22)33-2/h3-14,26H,15-18H2,1-2H3. The zero-order valence-electron chi connectivity index (χ0n) is 19.1. The average Bonchev–Trinajstić information content (AvgIpc) is 2.88. The lowest BCUT2D eigenvalue weighted by Gasteiger charge is -2.36. The molecule has 0 unspecified atom stereocenters. The average molecular weight is 482 g/mol. The highest BCUT2D eigenvalue weighted by Gasteiger charge is 2.24. The van der Waals surface area contributed by atoms with Crippen molar-refractivity contribution < 1.29 is 22.7 Å². The van der Waals surface area contributed by atoms with Crippen LogP contribution in [0.1, 0.15) is 10.4 Å². The molecule has 3 aromatic rings. The lowest BCUT2D eigenvalue weighted by molar-refractivity contribution is 0.0746. The quantitative estimate of drug-likeness (QED) is 0.556. The summed E-state index contributed by atoms with van der Waals surface area (Å²) >= 11 is 0. The van der Waals surface area contributed by atoms with Gasteiger partial charge >= 0.3 is 0 Å². The van der Waals surface area contributed by atoms with Crippen molar-refractivity contribution in [3.63, 3.8) is 0 Å². The van der Waals surface area contributed by atoms with Gasteiger partial charge in [-0.25, -0.2) is 8.42 Å². The smallest absolute Gasteiger partial charge is 0.262 e. The van der Waals surface area contributed by atoms with Crippen LogP contribution in [0, 0.1) is 0 Å². The summed E-state index contributed by atoms with van der Waals surface area (Å²) in [6.45, 7) is 2.49. The van der Waals surface area contributed by atoms with Crippen LogP contribution in [0.2, 0.25) is 0 Å². The van der Waals surface area contributed by atoms with Gasteiger partial charge in [0.1, 0.15) is 11.5 Å². The van der Waals surface area contributed by atoms with Crippen molar-refractivity contribution >= 4 is 27.3 Å². The van der Waals surface area contributed by atoms with E-state index >= 15 is 0 Å². The van der Waals surface area contributed by atoms with Crippen molar-refractivity contribution in [2.45, 2.75) is 4.90 Å². The molecular formula is C25H27N3O5S. The van der Waals surface area contributed by atoms with E-state index in [0.717, 1.165) is 11.4 Å². The number of para-hydroxylation sites is 4. The first-order chi connectivity index (χ1) is 16.4. The van der Waals surface area contributed by atoms with E-state index in [4.69, 9.17) is 9.47 Å². The van der Waals surface area contributed by atoms with Crippen molar-refractivity contribution in [2.75, 3.05) is 50.0 Å². The van der Waals surface area contributed by atoms with Gasteiger partial charge in [0, 0.05) is 31.7 Å². The molecule has 0 bridgehead atoms. The first-order valence-corrected chi connectivity index (χ1v) is 12.3. The Labute approximate surface area is 199 Å². The predicted molar refractivity (Wildman–Crippen MR) is 131 cm³/mol. The second kappa shape index (κ2) is 10.0. The highest BCUT2D eigenvalue weighted by molar-refractivity contribution is 7.92. The number of nitrogens with zero attached hydrogens (tertiary/aromatic N) is 2. The summed E-state index contributed by atoms with van der Waals surface area (Å²) in [6.07, 6.45) is 0. The summed E-state index contributed by atoms with van der Waals surface area (Å²) in [6, 6.07) is 20.6. The normalized spacial score (nSPS) is 13.9. The molecule has 1 amide bonds. The van der Waals surface area contributed by atoms with Gasteiger partial charge < -0.3 is 19.3 Å². The first kappa shape index (κ1) is 23.4. The molecule has 0 atom stereocenters. The zero-order valence-corrected chi connectivity index (χ0v) is 19.9. The molecular weight excluding hydrogens is 454 g/mol. The van der Waals surface area contributed by atoms with Crippen LogP contribution in [0.4, 0.5) is 11.4 Å². The van der Waals surface area contributed by atoms with Crippen LogP contribution in [0.15, 0.2) is 77.7 Å². The monoisotopic (exact) mass is 481 g/mol. The molecule has 0 radical (unpaired) electrons. The SMILES string of the molecule is COc1ccccc1NS(=O)(=O)c1ccc(C(=O)N2CCN(c3ccccc3OC)CC2)cc1. The minimum atomic E-state index is -3.83. The molecule has 34 heavy (non-hydrogen) atoms. The lowest BCUT2D eigenvalue weighted by Crippen LogP contribution is -2.48. The maximum atomic E-state index is 13.0. The molecule has 1 heterocycles. The van der Waals surface area contributed by atoms with Gasteiger partial charge in [0.25, 0.3) is 15.9 Å². The van der Waals surface area contributed by atoms with Crippen molar-refractivity contribution in [2.24, 2.45) is 0 Å². The lowest BCUT2D eigenvalue weighted by atomic mass is 10.1. The minimum Gasteiger partial charge on any atom is -0.495 e. The Balaban J connectivity index is 1.41. The van der Waals surface area contributed by atoms with E-state index in [0.29, 0.717) is 43.2 Å². The van der Waals surface area contributed by atoms with Crippen molar-refractivity contribution in [3.8, 4) is 11.5 Å². The van der Waals surface area contributed by atoms with E-state index in [1.165, 1.54) is 19.2 Å². The van der Waals surface area contributed by atoms with E-state index in [2.05, 4.69) is 9.62 Å². The highest BCUT2D eigenvalue weighted by atomic mass is 32.2. The molecule has 0 spiro atoms. The largest absolute Gasteiger partial charge is 0.495 e.